The Morgan fingerprint density at radius 2 is 2.04 bits per heavy atom. The number of rotatable bonds is 6. The van der Waals surface area contributed by atoms with Gasteiger partial charge in [0.15, 0.2) is 5.69 Å². The van der Waals surface area contributed by atoms with E-state index in [-0.39, 0.29) is 5.91 Å². The minimum absolute atomic E-state index is 0.259. The minimum atomic E-state index is -0.259. The molecule has 0 saturated carbocycles. The molecule has 0 aliphatic heterocycles. The molecule has 1 N–H and O–H groups in total. The molecule has 0 spiro atoms. The lowest BCUT2D eigenvalue weighted by Gasteiger charge is -2.07. The average molecular weight is 373 g/mol. The normalized spacial score (nSPS) is 10.9. The van der Waals surface area contributed by atoms with Gasteiger partial charge < -0.3 is 9.84 Å². The quantitative estimate of drug-likeness (QED) is 0.719. The van der Waals surface area contributed by atoms with E-state index < -0.39 is 0 Å². The Morgan fingerprint density at radius 3 is 2.73 bits per heavy atom. The van der Waals surface area contributed by atoms with Gasteiger partial charge in [-0.05, 0) is 44.9 Å². The van der Waals surface area contributed by atoms with E-state index in [0.29, 0.717) is 36.0 Å². The van der Waals surface area contributed by atoms with Crippen molar-refractivity contribution in [2.45, 2.75) is 33.7 Å². The standard InChI is InChI=1S/C19H21ClN4O2/c1-12-10-13(2)24(22-12)11-16-14(3)26-23-18(16)19(25)21-9-8-15-6-4-5-7-17(15)20/h4-7,10H,8-9,11H2,1-3H3,(H,21,25). The van der Waals surface area contributed by atoms with Crippen molar-refractivity contribution >= 4 is 17.5 Å². The van der Waals surface area contributed by atoms with E-state index in [0.717, 1.165) is 22.5 Å². The van der Waals surface area contributed by atoms with Crippen LogP contribution in [-0.4, -0.2) is 27.4 Å². The molecular weight excluding hydrogens is 352 g/mol. The van der Waals surface area contributed by atoms with Gasteiger partial charge in [0.05, 0.1) is 12.2 Å². The van der Waals surface area contributed by atoms with Crippen molar-refractivity contribution in [3.05, 3.63) is 69.3 Å². The van der Waals surface area contributed by atoms with Crippen molar-refractivity contribution in [3.8, 4) is 0 Å². The highest BCUT2D eigenvalue weighted by molar-refractivity contribution is 6.31. The Labute approximate surface area is 157 Å². The Balaban J connectivity index is 1.68. The van der Waals surface area contributed by atoms with Crippen LogP contribution in [0.25, 0.3) is 0 Å². The van der Waals surface area contributed by atoms with Gasteiger partial charge in [-0.2, -0.15) is 5.10 Å². The summed E-state index contributed by atoms with van der Waals surface area (Å²) in [5.74, 6) is 0.360. The van der Waals surface area contributed by atoms with E-state index in [4.69, 9.17) is 16.1 Å². The highest BCUT2D eigenvalue weighted by Crippen LogP contribution is 2.17. The van der Waals surface area contributed by atoms with E-state index in [2.05, 4.69) is 15.6 Å². The predicted octanol–water partition coefficient (Wildman–Crippen LogP) is 3.47. The zero-order chi connectivity index (χ0) is 18.7. The summed E-state index contributed by atoms with van der Waals surface area (Å²) in [6.07, 6.45) is 0.648. The average Bonchev–Trinajstić information content (AvgIpc) is 3.12. The fraction of sp³-hybridized carbons (Fsp3) is 0.316. The van der Waals surface area contributed by atoms with Crippen molar-refractivity contribution < 1.29 is 9.32 Å². The molecule has 3 rings (SSSR count). The predicted molar refractivity (Wildman–Crippen MR) is 99.5 cm³/mol. The molecule has 3 aromatic rings. The van der Waals surface area contributed by atoms with Crippen molar-refractivity contribution in [1.29, 1.82) is 0 Å². The van der Waals surface area contributed by atoms with Gasteiger partial charge in [0.25, 0.3) is 5.91 Å². The number of aryl methyl sites for hydroxylation is 3. The number of carbonyl (C=O) groups is 1. The summed E-state index contributed by atoms with van der Waals surface area (Å²) < 4.78 is 7.09. The zero-order valence-corrected chi connectivity index (χ0v) is 15.8. The molecule has 1 aromatic carbocycles. The topological polar surface area (TPSA) is 73.0 Å². The van der Waals surface area contributed by atoms with Crippen molar-refractivity contribution in [1.82, 2.24) is 20.3 Å². The lowest BCUT2D eigenvalue weighted by molar-refractivity contribution is 0.0944. The fourth-order valence-corrected chi connectivity index (χ4v) is 3.07. The summed E-state index contributed by atoms with van der Waals surface area (Å²) in [5, 5.41) is 12.0. The van der Waals surface area contributed by atoms with E-state index in [9.17, 15) is 4.79 Å². The number of amides is 1. The van der Waals surface area contributed by atoms with Crippen LogP contribution < -0.4 is 5.32 Å². The third-order valence-electron chi connectivity index (χ3n) is 4.25. The molecule has 7 heteroatoms. The van der Waals surface area contributed by atoms with Crippen molar-refractivity contribution in [2.24, 2.45) is 0 Å². The van der Waals surface area contributed by atoms with Gasteiger partial charge in [-0.15, -0.1) is 0 Å². The molecule has 0 aliphatic rings. The molecule has 136 valence electrons. The Bertz CT molecular complexity index is 930. The first-order valence-electron chi connectivity index (χ1n) is 8.43. The first-order valence-corrected chi connectivity index (χ1v) is 8.81. The Morgan fingerprint density at radius 1 is 1.27 bits per heavy atom. The largest absolute Gasteiger partial charge is 0.361 e. The van der Waals surface area contributed by atoms with E-state index in [1.807, 2.05) is 48.9 Å². The van der Waals surface area contributed by atoms with E-state index in [1.54, 1.807) is 6.92 Å². The van der Waals surface area contributed by atoms with Crippen LogP contribution in [0.2, 0.25) is 5.02 Å². The second-order valence-corrected chi connectivity index (χ2v) is 6.66. The number of hydrogen-bond donors (Lipinski definition) is 1. The van der Waals surface area contributed by atoms with Gasteiger partial charge in [-0.1, -0.05) is 35.0 Å². The molecule has 0 radical (unpaired) electrons. The smallest absolute Gasteiger partial charge is 0.273 e. The van der Waals surface area contributed by atoms with Crippen LogP contribution in [0.1, 0.15) is 38.8 Å². The number of nitrogens with zero attached hydrogens (tertiary/aromatic N) is 3. The molecule has 0 bridgehead atoms. The van der Waals surface area contributed by atoms with Crippen LogP contribution in [0.4, 0.5) is 0 Å². The fourth-order valence-electron chi connectivity index (χ4n) is 2.84. The second-order valence-electron chi connectivity index (χ2n) is 6.25. The first-order chi connectivity index (χ1) is 12.5. The monoisotopic (exact) mass is 372 g/mol. The van der Waals surface area contributed by atoms with Crippen LogP contribution in [0.15, 0.2) is 34.9 Å². The molecule has 1 amide bonds. The highest BCUT2D eigenvalue weighted by atomic mass is 35.5. The van der Waals surface area contributed by atoms with Gasteiger partial charge in [0.2, 0.25) is 0 Å². The second kappa shape index (κ2) is 7.74. The highest BCUT2D eigenvalue weighted by Gasteiger charge is 2.20. The van der Waals surface area contributed by atoms with Crippen molar-refractivity contribution in [2.75, 3.05) is 6.54 Å². The SMILES string of the molecule is Cc1cc(C)n(Cc2c(C(=O)NCCc3ccccc3Cl)noc2C)n1. The number of benzene rings is 1. The maximum atomic E-state index is 12.5. The third-order valence-corrected chi connectivity index (χ3v) is 4.62. The molecule has 0 atom stereocenters. The molecule has 2 aromatic heterocycles. The molecule has 0 unspecified atom stereocenters. The van der Waals surface area contributed by atoms with Crippen LogP contribution in [0.5, 0.6) is 0 Å². The molecule has 26 heavy (non-hydrogen) atoms. The summed E-state index contributed by atoms with van der Waals surface area (Å²) in [7, 11) is 0. The van der Waals surface area contributed by atoms with Crippen molar-refractivity contribution in [3.63, 3.8) is 0 Å². The molecule has 0 fully saturated rings. The lowest BCUT2D eigenvalue weighted by Crippen LogP contribution is -2.27. The number of nitrogens with one attached hydrogen (secondary N) is 1. The summed E-state index contributed by atoms with van der Waals surface area (Å²) in [6, 6.07) is 9.59. The molecule has 0 saturated heterocycles. The number of carbonyl (C=O) groups excluding carboxylic acids is 1. The Hall–Kier alpha value is -2.60. The molecule has 6 nitrogen and oxygen atoms in total. The first kappa shape index (κ1) is 18.2. The number of hydrogen-bond acceptors (Lipinski definition) is 4. The summed E-state index contributed by atoms with van der Waals surface area (Å²) in [4.78, 5) is 12.5. The van der Waals surface area contributed by atoms with Gasteiger partial charge in [-0.25, -0.2) is 0 Å². The van der Waals surface area contributed by atoms with Crippen LogP contribution in [0, 0.1) is 20.8 Å². The maximum Gasteiger partial charge on any atom is 0.273 e. The minimum Gasteiger partial charge on any atom is -0.361 e. The van der Waals surface area contributed by atoms with E-state index >= 15 is 0 Å². The van der Waals surface area contributed by atoms with Gasteiger partial charge in [-0.3, -0.25) is 9.48 Å². The number of aromatic nitrogens is 3. The summed E-state index contributed by atoms with van der Waals surface area (Å²) in [6.45, 7) is 6.63. The van der Waals surface area contributed by atoms with Gasteiger partial charge in [0.1, 0.15) is 5.76 Å². The van der Waals surface area contributed by atoms with Crippen LogP contribution in [0.3, 0.4) is 0 Å². The maximum absolute atomic E-state index is 12.5. The van der Waals surface area contributed by atoms with Crippen LogP contribution >= 0.6 is 11.6 Å². The number of halogens is 1. The van der Waals surface area contributed by atoms with Gasteiger partial charge in [0, 0.05) is 22.8 Å². The summed E-state index contributed by atoms with van der Waals surface area (Å²) in [5.41, 5.74) is 3.99. The molecular formula is C19H21ClN4O2. The lowest BCUT2D eigenvalue weighted by atomic mass is 10.1. The Kier molecular flexibility index (Phi) is 5.42. The molecule has 0 aliphatic carbocycles. The van der Waals surface area contributed by atoms with Gasteiger partial charge >= 0.3 is 0 Å². The van der Waals surface area contributed by atoms with E-state index in [1.165, 1.54) is 0 Å². The summed E-state index contributed by atoms with van der Waals surface area (Å²) >= 11 is 6.14. The molecule has 2 heterocycles. The van der Waals surface area contributed by atoms with Crippen LogP contribution in [-0.2, 0) is 13.0 Å². The zero-order valence-electron chi connectivity index (χ0n) is 15.0. The third kappa shape index (κ3) is 3.96.